The SMILES string of the molecule is Cc1nc(C)c(CCC(=O)N2CCN(C(=O)c3ccccc3Cl)CC2)c(=O)[nH]1. The molecule has 1 saturated heterocycles. The molecular weight excluding hydrogens is 380 g/mol. The van der Waals surface area contributed by atoms with Crippen molar-refractivity contribution in [2.45, 2.75) is 26.7 Å². The molecule has 3 rings (SSSR count). The van der Waals surface area contributed by atoms with Crippen LogP contribution in [-0.4, -0.2) is 57.8 Å². The molecule has 1 fully saturated rings. The van der Waals surface area contributed by atoms with Crippen LogP contribution in [0.5, 0.6) is 0 Å². The number of nitrogens with zero attached hydrogens (tertiary/aromatic N) is 3. The lowest BCUT2D eigenvalue weighted by atomic mass is 10.1. The third-order valence-corrected chi connectivity index (χ3v) is 5.28. The Balaban J connectivity index is 1.55. The highest BCUT2D eigenvalue weighted by Gasteiger charge is 2.25. The highest BCUT2D eigenvalue weighted by atomic mass is 35.5. The molecule has 1 N–H and O–H groups in total. The van der Waals surface area contributed by atoms with E-state index in [0.717, 1.165) is 0 Å². The van der Waals surface area contributed by atoms with Crippen LogP contribution in [0.2, 0.25) is 5.02 Å². The molecule has 1 aromatic heterocycles. The van der Waals surface area contributed by atoms with E-state index in [9.17, 15) is 14.4 Å². The third kappa shape index (κ3) is 4.42. The average molecular weight is 403 g/mol. The number of aromatic nitrogens is 2. The van der Waals surface area contributed by atoms with Crippen molar-refractivity contribution < 1.29 is 9.59 Å². The maximum absolute atomic E-state index is 12.6. The number of rotatable bonds is 4. The lowest BCUT2D eigenvalue weighted by Crippen LogP contribution is -2.50. The van der Waals surface area contributed by atoms with E-state index >= 15 is 0 Å². The maximum atomic E-state index is 12.6. The van der Waals surface area contributed by atoms with Gasteiger partial charge in [0.15, 0.2) is 0 Å². The van der Waals surface area contributed by atoms with Crippen LogP contribution in [0.15, 0.2) is 29.1 Å². The van der Waals surface area contributed by atoms with Crippen LogP contribution in [0.4, 0.5) is 0 Å². The molecule has 0 aliphatic carbocycles. The van der Waals surface area contributed by atoms with E-state index in [1.54, 1.807) is 47.9 Å². The van der Waals surface area contributed by atoms with Crippen LogP contribution in [-0.2, 0) is 11.2 Å². The Morgan fingerprint density at radius 1 is 1.11 bits per heavy atom. The van der Waals surface area contributed by atoms with E-state index in [4.69, 9.17) is 11.6 Å². The largest absolute Gasteiger partial charge is 0.339 e. The number of aromatic amines is 1. The lowest BCUT2D eigenvalue weighted by molar-refractivity contribution is -0.132. The summed E-state index contributed by atoms with van der Waals surface area (Å²) in [5.41, 5.74) is 1.49. The fraction of sp³-hybridized carbons (Fsp3) is 0.400. The molecule has 2 amide bonds. The molecule has 2 aromatic rings. The van der Waals surface area contributed by atoms with Crippen molar-refractivity contribution in [3.05, 3.63) is 62.3 Å². The summed E-state index contributed by atoms with van der Waals surface area (Å²) in [5, 5.41) is 0.429. The summed E-state index contributed by atoms with van der Waals surface area (Å²) in [4.78, 5) is 47.6. The Morgan fingerprint density at radius 3 is 2.39 bits per heavy atom. The second kappa shape index (κ2) is 8.56. The first-order valence-corrected chi connectivity index (χ1v) is 9.62. The van der Waals surface area contributed by atoms with Crippen molar-refractivity contribution in [2.75, 3.05) is 26.2 Å². The van der Waals surface area contributed by atoms with Gasteiger partial charge in [-0.25, -0.2) is 4.98 Å². The Hall–Kier alpha value is -2.67. The van der Waals surface area contributed by atoms with Crippen LogP contribution in [0.3, 0.4) is 0 Å². The summed E-state index contributed by atoms with van der Waals surface area (Å²) in [6.45, 7) is 5.36. The second-order valence-corrected chi connectivity index (χ2v) is 7.28. The normalized spacial score (nSPS) is 14.2. The maximum Gasteiger partial charge on any atom is 0.255 e. The predicted molar refractivity (Wildman–Crippen MR) is 107 cm³/mol. The van der Waals surface area contributed by atoms with Crippen molar-refractivity contribution in [1.82, 2.24) is 19.8 Å². The number of hydrogen-bond donors (Lipinski definition) is 1. The molecular formula is C20H23ClN4O3. The number of carbonyl (C=O) groups is 2. The van der Waals surface area contributed by atoms with Gasteiger partial charge in [0.1, 0.15) is 5.82 Å². The van der Waals surface area contributed by atoms with Crippen LogP contribution < -0.4 is 5.56 Å². The molecule has 0 spiro atoms. The smallest absolute Gasteiger partial charge is 0.255 e. The minimum absolute atomic E-state index is 0.0239. The highest BCUT2D eigenvalue weighted by molar-refractivity contribution is 6.33. The van der Waals surface area contributed by atoms with Crippen LogP contribution in [0, 0.1) is 13.8 Å². The number of nitrogens with one attached hydrogen (secondary N) is 1. The molecule has 0 saturated carbocycles. The van der Waals surface area contributed by atoms with Crippen molar-refractivity contribution in [1.29, 1.82) is 0 Å². The van der Waals surface area contributed by atoms with Crippen molar-refractivity contribution in [3.8, 4) is 0 Å². The van der Waals surface area contributed by atoms with Gasteiger partial charge in [0.25, 0.3) is 11.5 Å². The number of halogens is 1. The minimum atomic E-state index is -0.187. The average Bonchev–Trinajstić information content (AvgIpc) is 2.67. The number of H-pyrrole nitrogens is 1. The van der Waals surface area contributed by atoms with Crippen LogP contribution in [0.1, 0.15) is 33.9 Å². The van der Waals surface area contributed by atoms with Gasteiger partial charge < -0.3 is 14.8 Å². The van der Waals surface area contributed by atoms with Crippen molar-refractivity contribution >= 4 is 23.4 Å². The van der Waals surface area contributed by atoms with Gasteiger partial charge >= 0.3 is 0 Å². The molecule has 2 heterocycles. The zero-order valence-electron chi connectivity index (χ0n) is 16.0. The molecule has 0 radical (unpaired) electrons. The van der Waals surface area contributed by atoms with Gasteiger partial charge in [-0.1, -0.05) is 23.7 Å². The number of amides is 2. The summed E-state index contributed by atoms with van der Waals surface area (Å²) >= 11 is 6.11. The highest BCUT2D eigenvalue weighted by Crippen LogP contribution is 2.18. The predicted octanol–water partition coefficient (Wildman–Crippen LogP) is 1.96. The van der Waals surface area contributed by atoms with Gasteiger partial charge in [-0.3, -0.25) is 14.4 Å². The summed E-state index contributed by atoms with van der Waals surface area (Å²) < 4.78 is 0. The van der Waals surface area contributed by atoms with E-state index in [-0.39, 0.29) is 23.8 Å². The quantitative estimate of drug-likeness (QED) is 0.846. The van der Waals surface area contributed by atoms with E-state index in [1.807, 2.05) is 0 Å². The number of aryl methyl sites for hydroxylation is 2. The summed E-state index contributed by atoms with van der Waals surface area (Å²) in [5.74, 6) is 0.423. The molecule has 8 heteroatoms. The zero-order valence-corrected chi connectivity index (χ0v) is 16.8. The molecule has 28 heavy (non-hydrogen) atoms. The standard InChI is InChI=1S/C20H23ClN4O3/c1-13-15(19(27)23-14(2)22-13)7-8-18(26)24-9-11-25(12-10-24)20(28)16-5-3-4-6-17(16)21/h3-6H,7-12H2,1-2H3,(H,22,23,27). The van der Waals surface area contributed by atoms with Crippen molar-refractivity contribution in [2.24, 2.45) is 0 Å². The Labute approximate surface area is 168 Å². The Morgan fingerprint density at radius 2 is 1.75 bits per heavy atom. The van der Waals surface area contributed by atoms with E-state index in [2.05, 4.69) is 9.97 Å². The van der Waals surface area contributed by atoms with E-state index in [0.29, 0.717) is 60.3 Å². The van der Waals surface area contributed by atoms with Crippen LogP contribution in [0.25, 0.3) is 0 Å². The molecule has 7 nitrogen and oxygen atoms in total. The van der Waals surface area contributed by atoms with Gasteiger partial charge in [0, 0.05) is 43.9 Å². The Bertz CT molecular complexity index is 949. The first kappa shape index (κ1) is 20.1. The Kier molecular flexibility index (Phi) is 6.14. The van der Waals surface area contributed by atoms with Gasteiger partial charge in [0.2, 0.25) is 5.91 Å². The molecule has 1 aliphatic rings. The molecule has 0 atom stereocenters. The first-order valence-electron chi connectivity index (χ1n) is 9.25. The van der Waals surface area contributed by atoms with Gasteiger partial charge in [-0.2, -0.15) is 0 Å². The summed E-state index contributed by atoms with van der Waals surface area (Å²) in [6, 6.07) is 6.96. The van der Waals surface area contributed by atoms with Crippen molar-refractivity contribution in [3.63, 3.8) is 0 Å². The van der Waals surface area contributed by atoms with E-state index in [1.165, 1.54) is 0 Å². The third-order valence-electron chi connectivity index (χ3n) is 4.95. The summed E-state index contributed by atoms with van der Waals surface area (Å²) in [7, 11) is 0. The molecule has 148 valence electrons. The second-order valence-electron chi connectivity index (χ2n) is 6.87. The van der Waals surface area contributed by atoms with Gasteiger partial charge in [-0.15, -0.1) is 0 Å². The number of piperazine rings is 1. The number of hydrogen-bond acceptors (Lipinski definition) is 4. The number of carbonyl (C=O) groups excluding carboxylic acids is 2. The molecule has 1 aliphatic heterocycles. The molecule has 0 unspecified atom stereocenters. The molecule has 0 bridgehead atoms. The van der Waals surface area contributed by atoms with Gasteiger partial charge in [0.05, 0.1) is 10.6 Å². The monoisotopic (exact) mass is 402 g/mol. The zero-order chi connectivity index (χ0) is 20.3. The van der Waals surface area contributed by atoms with E-state index < -0.39 is 0 Å². The van der Waals surface area contributed by atoms with Gasteiger partial charge in [-0.05, 0) is 32.4 Å². The van der Waals surface area contributed by atoms with Crippen LogP contribution >= 0.6 is 11.6 Å². The minimum Gasteiger partial charge on any atom is -0.339 e. The summed E-state index contributed by atoms with van der Waals surface area (Å²) in [6.07, 6.45) is 0.596. The fourth-order valence-corrected chi connectivity index (χ4v) is 3.62. The number of benzene rings is 1. The first-order chi connectivity index (χ1) is 13.4. The molecule has 1 aromatic carbocycles. The fourth-order valence-electron chi connectivity index (χ4n) is 3.40. The topological polar surface area (TPSA) is 86.4 Å². The lowest BCUT2D eigenvalue weighted by Gasteiger charge is -2.35.